The van der Waals surface area contributed by atoms with Crippen LogP contribution in [0.25, 0.3) is 11.4 Å². The van der Waals surface area contributed by atoms with E-state index in [4.69, 9.17) is 16.3 Å². The first-order chi connectivity index (χ1) is 17.5. The van der Waals surface area contributed by atoms with Gasteiger partial charge in [-0.2, -0.15) is 0 Å². The molecular formula is C27H40ClN7O. The lowest BCUT2D eigenvalue weighted by Gasteiger charge is -2.28. The number of nitrogens with one attached hydrogen (secondary N) is 2. The molecule has 1 aromatic heterocycles. The zero-order chi connectivity index (χ0) is 26.3. The second kappa shape index (κ2) is 16.1. The van der Waals surface area contributed by atoms with Gasteiger partial charge < -0.3 is 20.4 Å². The summed E-state index contributed by atoms with van der Waals surface area (Å²) in [6.45, 7) is 12.5. The summed E-state index contributed by atoms with van der Waals surface area (Å²) in [6, 6.07) is 18.5. The van der Waals surface area contributed by atoms with Crippen molar-refractivity contribution in [1.29, 1.82) is 0 Å². The molecule has 3 aromatic rings. The van der Waals surface area contributed by atoms with Gasteiger partial charge in [0.25, 0.3) is 0 Å². The molecule has 36 heavy (non-hydrogen) atoms. The molecular weight excluding hydrogens is 474 g/mol. The normalized spacial score (nSPS) is 13.0. The zero-order valence-electron chi connectivity index (χ0n) is 22.3. The third-order valence-corrected chi connectivity index (χ3v) is 5.67. The van der Waals surface area contributed by atoms with E-state index in [9.17, 15) is 0 Å². The Bertz CT molecular complexity index is 997. The van der Waals surface area contributed by atoms with Crippen LogP contribution in [0.1, 0.15) is 33.3 Å². The Morgan fingerprint density at radius 2 is 1.67 bits per heavy atom. The lowest BCUT2D eigenvalue weighted by Crippen LogP contribution is -2.44. The fourth-order valence-corrected chi connectivity index (χ4v) is 3.47. The molecule has 0 radical (unpaired) electrons. The maximum absolute atomic E-state index is 6.22. The summed E-state index contributed by atoms with van der Waals surface area (Å²) < 4.78 is 4.93. The number of aromatic nitrogens is 3. The summed E-state index contributed by atoms with van der Waals surface area (Å²) in [6.07, 6.45) is 0. The molecule has 0 spiro atoms. The van der Waals surface area contributed by atoms with Crippen molar-refractivity contribution in [2.45, 2.75) is 40.3 Å². The number of hydrogen-bond acceptors (Lipinski definition) is 8. The van der Waals surface area contributed by atoms with Gasteiger partial charge in [0.15, 0.2) is 16.8 Å². The van der Waals surface area contributed by atoms with Crippen molar-refractivity contribution < 1.29 is 4.74 Å². The average molecular weight is 514 g/mol. The van der Waals surface area contributed by atoms with Crippen LogP contribution in [-0.2, 0) is 11.3 Å². The molecule has 0 unspecified atom stereocenters. The molecule has 1 aliphatic heterocycles. The van der Waals surface area contributed by atoms with Crippen molar-refractivity contribution in [3.63, 3.8) is 0 Å². The van der Waals surface area contributed by atoms with E-state index in [1.807, 2.05) is 75.5 Å². The highest BCUT2D eigenvalue weighted by molar-refractivity contribution is 6.31. The highest BCUT2D eigenvalue weighted by Gasteiger charge is 2.18. The van der Waals surface area contributed by atoms with Crippen LogP contribution in [-0.4, -0.2) is 66.6 Å². The van der Waals surface area contributed by atoms with E-state index in [2.05, 4.69) is 49.7 Å². The van der Waals surface area contributed by atoms with Crippen LogP contribution < -0.4 is 15.6 Å². The van der Waals surface area contributed by atoms with Gasteiger partial charge in [-0.25, -0.2) is 9.99 Å². The summed E-state index contributed by atoms with van der Waals surface area (Å²) in [5.74, 6) is 1.29. The van der Waals surface area contributed by atoms with Crippen molar-refractivity contribution in [1.82, 2.24) is 25.5 Å². The predicted molar refractivity (Wildman–Crippen MR) is 150 cm³/mol. The second-order valence-electron chi connectivity index (χ2n) is 8.30. The van der Waals surface area contributed by atoms with Gasteiger partial charge in [-0.05, 0) is 43.7 Å². The molecule has 0 bridgehead atoms. The molecule has 2 N–H and O–H groups in total. The van der Waals surface area contributed by atoms with Gasteiger partial charge in [-0.3, -0.25) is 0 Å². The standard InChI is InChI=1S/C17H24ClN7.C8H10O.C2H6/c1-12(2)24(3)23-14-6-4-13(5-7-14)16-20-17(15(18)21-22-16)25-10-8-19-9-11-25;1-9-7-8-5-3-2-4-6-8;1-2/h4-7,12,19,23H,8-11H2,1-3H3;2-6H,7H2,1H3;1-2H3. The summed E-state index contributed by atoms with van der Waals surface area (Å²) in [7, 11) is 3.72. The zero-order valence-corrected chi connectivity index (χ0v) is 23.1. The van der Waals surface area contributed by atoms with Crippen LogP contribution in [0.2, 0.25) is 5.15 Å². The van der Waals surface area contributed by atoms with Gasteiger partial charge in [-0.1, -0.05) is 55.8 Å². The lowest BCUT2D eigenvalue weighted by atomic mass is 10.2. The van der Waals surface area contributed by atoms with E-state index < -0.39 is 0 Å². The third kappa shape index (κ3) is 9.35. The minimum Gasteiger partial charge on any atom is -0.380 e. The molecule has 196 valence electrons. The SMILES string of the molecule is CC.CC(C)N(C)Nc1ccc(-c2nnc(Cl)c(N3CCNCC3)n2)cc1.COCc1ccccc1. The van der Waals surface area contributed by atoms with Crippen LogP contribution >= 0.6 is 11.6 Å². The summed E-state index contributed by atoms with van der Waals surface area (Å²) in [5, 5.41) is 14.0. The van der Waals surface area contributed by atoms with Crippen molar-refractivity contribution in [2.75, 3.05) is 50.7 Å². The molecule has 0 atom stereocenters. The number of benzene rings is 2. The molecule has 0 saturated carbocycles. The topological polar surface area (TPSA) is 78.4 Å². The van der Waals surface area contributed by atoms with Gasteiger partial charge in [0, 0.05) is 57.6 Å². The largest absolute Gasteiger partial charge is 0.380 e. The number of hydrogen-bond donors (Lipinski definition) is 2. The first kappa shape index (κ1) is 29.5. The minimum atomic E-state index is 0.350. The van der Waals surface area contributed by atoms with Gasteiger partial charge >= 0.3 is 0 Å². The maximum Gasteiger partial charge on any atom is 0.194 e. The van der Waals surface area contributed by atoms with Crippen molar-refractivity contribution >= 4 is 23.1 Å². The highest BCUT2D eigenvalue weighted by atomic mass is 35.5. The quantitative estimate of drug-likeness (QED) is 0.421. The molecule has 1 fully saturated rings. The van der Waals surface area contributed by atoms with E-state index in [-0.39, 0.29) is 0 Å². The number of ether oxygens (including phenoxy) is 1. The number of halogens is 1. The number of methoxy groups -OCH3 is 1. The van der Waals surface area contributed by atoms with Gasteiger partial charge in [0.2, 0.25) is 0 Å². The summed E-state index contributed by atoms with van der Waals surface area (Å²) in [5.41, 5.74) is 6.49. The molecule has 9 heteroatoms. The Kier molecular flexibility index (Phi) is 13.1. The number of hydrazine groups is 1. The Hall–Kier alpha value is -2.78. The van der Waals surface area contributed by atoms with Gasteiger partial charge in [0.05, 0.1) is 6.61 Å². The number of anilines is 2. The van der Waals surface area contributed by atoms with Crippen molar-refractivity contribution in [2.24, 2.45) is 0 Å². The molecule has 1 aliphatic rings. The third-order valence-electron chi connectivity index (χ3n) is 5.42. The molecule has 8 nitrogen and oxygen atoms in total. The molecule has 4 rings (SSSR count). The molecule has 0 aliphatic carbocycles. The van der Waals surface area contributed by atoms with Gasteiger partial charge in [0.1, 0.15) is 0 Å². The van der Waals surface area contributed by atoms with Crippen LogP contribution in [0, 0.1) is 0 Å². The summed E-state index contributed by atoms with van der Waals surface area (Å²) in [4.78, 5) is 6.79. The number of nitrogens with zero attached hydrogens (tertiary/aromatic N) is 5. The van der Waals surface area contributed by atoms with Crippen LogP contribution in [0.15, 0.2) is 54.6 Å². The van der Waals surface area contributed by atoms with Crippen LogP contribution in [0.4, 0.5) is 11.5 Å². The Morgan fingerprint density at radius 3 is 2.25 bits per heavy atom. The van der Waals surface area contributed by atoms with E-state index >= 15 is 0 Å². The van der Waals surface area contributed by atoms with Crippen molar-refractivity contribution in [3.8, 4) is 11.4 Å². The van der Waals surface area contributed by atoms with E-state index in [1.54, 1.807) is 7.11 Å². The fourth-order valence-electron chi connectivity index (χ4n) is 3.27. The Morgan fingerprint density at radius 1 is 1.03 bits per heavy atom. The predicted octanol–water partition coefficient (Wildman–Crippen LogP) is 5.13. The minimum absolute atomic E-state index is 0.350. The second-order valence-corrected chi connectivity index (χ2v) is 8.66. The van der Waals surface area contributed by atoms with Gasteiger partial charge in [-0.15, -0.1) is 10.2 Å². The monoisotopic (exact) mass is 513 g/mol. The van der Waals surface area contributed by atoms with Crippen molar-refractivity contribution in [3.05, 3.63) is 65.3 Å². The first-order valence-electron chi connectivity index (χ1n) is 12.5. The summed E-state index contributed by atoms with van der Waals surface area (Å²) >= 11 is 6.22. The Labute approximate surface area is 221 Å². The molecule has 2 heterocycles. The van der Waals surface area contributed by atoms with E-state index in [1.165, 1.54) is 5.56 Å². The Balaban J connectivity index is 0.000000347. The number of piperazine rings is 1. The molecule has 2 aromatic carbocycles. The fraction of sp³-hybridized carbons (Fsp3) is 0.444. The van der Waals surface area contributed by atoms with E-state index in [0.29, 0.717) is 29.4 Å². The molecule has 1 saturated heterocycles. The van der Waals surface area contributed by atoms with Crippen LogP contribution in [0.5, 0.6) is 0 Å². The van der Waals surface area contributed by atoms with E-state index in [0.717, 1.165) is 37.4 Å². The van der Waals surface area contributed by atoms with Crippen LogP contribution in [0.3, 0.4) is 0 Å². The highest BCUT2D eigenvalue weighted by Crippen LogP contribution is 2.25. The lowest BCUT2D eigenvalue weighted by molar-refractivity contribution is 0.185. The number of rotatable bonds is 7. The first-order valence-corrected chi connectivity index (χ1v) is 12.8. The average Bonchev–Trinajstić information content (AvgIpc) is 2.92. The maximum atomic E-state index is 6.22. The molecule has 0 amide bonds. The smallest absolute Gasteiger partial charge is 0.194 e.